The van der Waals surface area contributed by atoms with Crippen molar-refractivity contribution in [2.45, 2.75) is 51.7 Å². The van der Waals surface area contributed by atoms with Gasteiger partial charge in [0.1, 0.15) is 0 Å². The van der Waals surface area contributed by atoms with Crippen LogP contribution in [0.1, 0.15) is 50.1 Å². The Kier molecular flexibility index (Phi) is 5.45. The van der Waals surface area contributed by atoms with Gasteiger partial charge >= 0.3 is 5.97 Å². The van der Waals surface area contributed by atoms with E-state index in [9.17, 15) is 9.59 Å². The fraction of sp³-hybridized carbons (Fsp3) is 0.600. The first-order valence-electron chi connectivity index (χ1n) is 7.24. The van der Waals surface area contributed by atoms with Crippen LogP contribution in [0.3, 0.4) is 0 Å². The van der Waals surface area contributed by atoms with Gasteiger partial charge in [-0.15, -0.1) is 0 Å². The highest BCUT2D eigenvalue weighted by Gasteiger charge is 2.27. The summed E-state index contributed by atoms with van der Waals surface area (Å²) in [5, 5.41) is 2.97. The molecule has 1 aliphatic carbocycles. The van der Waals surface area contributed by atoms with Crippen molar-refractivity contribution in [3.05, 3.63) is 22.6 Å². The maximum absolute atomic E-state index is 12.1. The summed E-state index contributed by atoms with van der Waals surface area (Å²) in [5.74, 6) is -0.355. The molecule has 1 aliphatic rings. The van der Waals surface area contributed by atoms with E-state index in [-0.39, 0.29) is 17.7 Å². The minimum atomic E-state index is -0.837. The van der Waals surface area contributed by atoms with E-state index in [4.69, 9.17) is 9.15 Å². The fourth-order valence-corrected chi connectivity index (χ4v) is 2.83. The molecule has 1 aromatic rings. The Morgan fingerprint density at radius 2 is 2.10 bits per heavy atom. The van der Waals surface area contributed by atoms with Crippen molar-refractivity contribution < 1.29 is 18.7 Å². The Labute approximate surface area is 132 Å². The molecule has 0 unspecified atom stereocenters. The molecule has 116 valence electrons. The van der Waals surface area contributed by atoms with Gasteiger partial charge in [0.05, 0.1) is 0 Å². The van der Waals surface area contributed by atoms with Crippen LogP contribution in [0.2, 0.25) is 0 Å². The molecule has 21 heavy (non-hydrogen) atoms. The first-order valence-corrected chi connectivity index (χ1v) is 8.03. The highest BCUT2D eigenvalue weighted by molar-refractivity contribution is 9.10. The predicted molar refractivity (Wildman–Crippen MR) is 80.8 cm³/mol. The van der Waals surface area contributed by atoms with Gasteiger partial charge in [-0.05, 0) is 53.7 Å². The van der Waals surface area contributed by atoms with Crippen molar-refractivity contribution in [3.8, 4) is 0 Å². The zero-order chi connectivity index (χ0) is 15.4. The second kappa shape index (κ2) is 7.11. The summed E-state index contributed by atoms with van der Waals surface area (Å²) >= 11 is 3.11. The van der Waals surface area contributed by atoms with Crippen LogP contribution in [0.4, 0.5) is 0 Å². The van der Waals surface area contributed by atoms with Crippen LogP contribution in [0, 0.1) is 5.92 Å². The molecule has 0 bridgehead atoms. The number of hydrogen-bond acceptors (Lipinski definition) is 4. The maximum Gasteiger partial charge on any atom is 0.375 e. The third-order valence-electron chi connectivity index (χ3n) is 3.87. The Hall–Kier alpha value is -1.30. The highest BCUT2D eigenvalue weighted by Crippen LogP contribution is 2.24. The van der Waals surface area contributed by atoms with Gasteiger partial charge in [-0.3, -0.25) is 4.79 Å². The normalized spacial score (nSPS) is 23.4. The Morgan fingerprint density at radius 3 is 2.71 bits per heavy atom. The quantitative estimate of drug-likeness (QED) is 0.839. The number of ether oxygens (including phenoxy) is 1. The molecule has 1 amide bonds. The molecule has 0 radical (unpaired) electrons. The van der Waals surface area contributed by atoms with Crippen molar-refractivity contribution in [1.29, 1.82) is 0 Å². The third kappa shape index (κ3) is 4.33. The second-order valence-electron chi connectivity index (χ2n) is 5.53. The minimum Gasteiger partial charge on any atom is -0.447 e. The molecule has 1 heterocycles. The van der Waals surface area contributed by atoms with Crippen molar-refractivity contribution in [3.63, 3.8) is 0 Å². The summed E-state index contributed by atoms with van der Waals surface area (Å²) in [6, 6.07) is 3.27. The van der Waals surface area contributed by atoms with Crippen LogP contribution >= 0.6 is 15.9 Å². The monoisotopic (exact) mass is 357 g/mol. The molecule has 1 saturated carbocycles. The van der Waals surface area contributed by atoms with Gasteiger partial charge in [0.15, 0.2) is 10.8 Å². The summed E-state index contributed by atoms with van der Waals surface area (Å²) in [6.07, 6.45) is 3.61. The molecule has 1 N–H and O–H groups in total. The first-order chi connectivity index (χ1) is 9.97. The second-order valence-corrected chi connectivity index (χ2v) is 6.31. The number of nitrogens with one attached hydrogen (secondary N) is 1. The van der Waals surface area contributed by atoms with E-state index in [0.29, 0.717) is 10.6 Å². The smallest absolute Gasteiger partial charge is 0.375 e. The summed E-state index contributed by atoms with van der Waals surface area (Å²) in [4.78, 5) is 23.9. The molecule has 0 aromatic carbocycles. The molecule has 0 aliphatic heterocycles. The van der Waals surface area contributed by atoms with Crippen LogP contribution in [0.15, 0.2) is 21.2 Å². The molecular weight excluding hydrogens is 338 g/mol. The molecule has 1 fully saturated rings. The van der Waals surface area contributed by atoms with Gasteiger partial charge in [-0.1, -0.05) is 19.8 Å². The standard InChI is InChI=1S/C15H20BrNO4/c1-9-5-3-4-6-11(9)17-14(18)10(2)20-15(19)12-7-8-13(16)21-12/h7-11H,3-6H2,1-2H3,(H,17,18)/t9-,10+,11-/m0/s1. The summed E-state index contributed by atoms with van der Waals surface area (Å²) < 4.78 is 10.7. The van der Waals surface area contributed by atoms with Crippen molar-refractivity contribution in [2.75, 3.05) is 0 Å². The first kappa shape index (κ1) is 16.1. The molecule has 0 saturated heterocycles. The topological polar surface area (TPSA) is 68.5 Å². The SMILES string of the molecule is C[C@@H](OC(=O)c1ccc(Br)o1)C(=O)N[C@H]1CCCC[C@@H]1C. The zero-order valence-electron chi connectivity index (χ0n) is 12.2. The average Bonchev–Trinajstić information content (AvgIpc) is 2.88. The largest absolute Gasteiger partial charge is 0.447 e. The molecule has 5 nitrogen and oxygen atoms in total. The van der Waals surface area contributed by atoms with E-state index in [2.05, 4.69) is 28.2 Å². The molecule has 2 rings (SSSR count). The Balaban J connectivity index is 1.86. The van der Waals surface area contributed by atoms with Gasteiger partial charge in [0, 0.05) is 6.04 Å². The lowest BCUT2D eigenvalue weighted by molar-refractivity contribution is -0.130. The van der Waals surface area contributed by atoms with Crippen LogP contribution in [-0.2, 0) is 9.53 Å². The summed E-state index contributed by atoms with van der Waals surface area (Å²) in [6.45, 7) is 3.71. The number of furan rings is 1. The van der Waals surface area contributed by atoms with Crippen molar-refractivity contribution in [2.24, 2.45) is 5.92 Å². The molecular formula is C15H20BrNO4. The summed E-state index contributed by atoms with van der Waals surface area (Å²) in [7, 11) is 0. The molecule has 0 spiro atoms. The van der Waals surface area contributed by atoms with Gasteiger partial charge in [-0.2, -0.15) is 0 Å². The van der Waals surface area contributed by atoms with E-state index >= 15 is 0 Å². The zero-order valence-corrected chi connectivity index (χ0v) is 13.8. The Morgan fingerprint density at radius 1 is 1.38 bits per heavy atom. The van der Waals surface area contributed by atoms with Crippen molar-refractivity contribution in [1.82, 2.24) is 5.32 Å². The van der Waals surface area contributed by atoms with Gasteiger partial charge in [0.2, 0.25) is 5.76 Å². The average molecular weight is 358 g/mol. The summed E-state index contributed by atoms with van der Waals surface area (Å²) in [5.41, 5.74) is 0. The lowest BCUT2D eigenvalue weighted by Crippen LogP contribution is -2.45. The van der Waals surface area contributed by atoms with E-state index < -0.39 is 12.1 Å². The number of esters is 1. The number of rotatable bonds is 4. The third-order valence-corrected chi connectivity index (χ3v) is 4.29. The van der Waals surface area contributed by atoms with E-state index in [1.54, 1.807) is 13.0 Å². The van der Waals surface area contributed by atoms with Crippen LogP contribution in [0.25, 0.3) is 0 Å². The van der Waals surface area contributed by atoms with E-state index in [1.807, 2.05) is 0 Å². The minimum absolute atomic E-state index is 0.0764. The number of carbonyl (C=O) groups excluding carboxylic acids is 2. The van der Waals surface area contributed by atoms with E-state index in [0.717, 1.165) is 19.3 Å². The lowest BCUT2D eigenvalue weighted by Gasteiger charge is -2.30. The number of halogens is 1. The predicted octanol–water partition coefficient (Wildman–Crippen LogP) is 3.28. The van der Waals surface area contributed by atoms with Crippen LogP contribution in [0.5, 0.6) is 0 Å². The number of hydrogen-bond donors (Lipinski definition) is 1. The van der Waals surface area contributed by atoms with Gasteiger partial charge in [-0.25, -0.2) is 4.79 Å². The van der Waals surface area contributed by atoms with Crippen LogP contribution in [-0.4, -0.2) is 24.0 Å². The van der Waals surface area contributed by atoms with Gasteiger partial charge < -0.3 is 14.5 Å². The number of amides is 1. The maximum atomic E-state index is 12.1. The fourth-order valence-electron chi connectivity index (χ4n) is 2.53. The van der Waals surface area contributed by atoms with Gasteiger partial charge in [0.25, 0.3) is 5.91 Å². The molecule has 1 aromatic heterocycles. The van der Waals surface area contributed by atoms with Crippen LogP contribution < -0.4 is 5.32 Å². The lowest BCUT2D eigenvalue weighted by atomic mass is 9.86. The molecule has 6 heteroatoms. The van der Waals surface area contributed by atoms with E-state index in [1.165, 1.54) is 12.5 Å². The number of carbonyl (C=O) groups is 2. The van der Waals surface area contributed by atoms with Crippen molar-refractivity contribution >= 4 is 27.8 Å². The highest BCUT2D eigenvalue weighted by atomic mass is 79.9. The Bertz CT molecular complexity index is 514. The molecule has 3 atom stereocenters.